The lowest BCUT2D eigenvalue weighted by Gasteiger charge is -1.99. The third-order valence-electron chi connectivity index (χ3n) is 2.46. The summed E-state index contributed by atoms with van der Waals surface area (Å²) >= 11 is 0. The van der Waals surface area contributed by atoms with Crippen LogP contribution in [0.5, 0.6) is 0 Å². The summed E-state index contributed by atoms with van der Waals surface area (Å²) in [6.45, 7) is 3.11. The fourth-order valence-electron chi connectivity index (χ4n) is 1.69. The van der Waals surface area contributed by atoms with Gasteiger partial charge in [0.25, 0.3) is 0 Å². The van der Waals surface area contributed by atoms with Crippen LogP contribution < -0.4 is 0 Å². The van der Waals surface area contributed by atoms with Crippen molar-refractivity contribution in [2.75, 3.05) is 0 Å². The summed E-state index contributed by atoms with van der Waals surface area (Å²) in [6, 6.07) is 10.4. The number of Topliss-reactive ketones (excluding diaryl/α,β-unsaturated/α-hetero) is 1. The summed E-state index contributed by atoms with van der Waals surface area (Å²) in [5.41, 5.74) is 0.886. The molecule has 0 atom stereocenters. The second-order valence-corrected chi connectivity index (χ2v) is 3.85. The third kappa shape index (κ3) is 2.18. The highest BCUT2D eigenvalue weighted by Gasteiger charge is 2.20. The van der Waals surface area contributed by atoms with Gasteiger partial charge >= 0.3 is 0 Å². The van der Waals surface area contributed by atoms with Gasteiger partial charge in [-0.15, -0.1) is 0 Å². The van der Waals surface area contributed by atoms with Gasteiger partial charge in [0, 0.05) is 12.5 Å². The van der Waals surface area contributed by atoms with Crippen molar-refractivity contribution in [2.45, 2.75) is 13.8 Å². The monoisotopic (exact) mass is 228 g/mol. The molecule has 0 unspecified atom stereocenters. The molecule has 0 amide bonds. The van der Waals surface area contributed by atoms with Crippen LogP contribution in [0.15, 0.2) is 40.8 Å². The molecule has 0 N–H and O–H groups in total. The SMILES string of the molecule is CC(=O)c1oc(C)cc1C(=O)c1ccccc1. The van der Waals surface area contributed by atoms with Gasteiger partial charge in [0.15, 0.2) is 17.3 Å². The number of benzene rings is 1. The summed E-state index contributed by atoms with van der Waals surface area (Å²) in [5.74, 6) is 0.274. The summed E-state index contributed by atoms with van der Waals surface area (Å²) < 4.78 is 5.25. The fraction of sp³-hybridized carbons (Fsp3) is 0.143. The molecule has 0 saturated carbocycles. The zero-order valence-corrected chi connectivity index (χ0v) is 9.69. The molecule has 0 radical (unpaired) electrons. The first kappa shape index (κ1) is 11.3. The lowest BCUT2D eigenvalue weighted by Crippen LogP contribution is -2.05. The third-order valence-corrected chi connectivity index (χ3v) is 2.46. The molecule has 0 aliphatic heterocycles. The first-order valence-corrected chi connectivity index (χ1v) is 5.30. The Hall–Kier alpha value is -2.16. The van der Waals surface area contributed by atoms with Gasteiger partial charge in [-0.1, -0.05) is 30.3 Å². The predicted molar refractivity (Wildman–Crippen MR) is 63.3 cm³/mol. The van der Waals surface area contributed by atoms with Crippen molar-refractivity contribution in [1.82, 2.24) is 0 Å². The second kappa shape index (κ2) is 4.37. The number of carbonyl (C=O) groups is 2. The van der Waals surface area contributed by atoms with E-state index in [1.54, 1.807) is 37.3 Å². The van der Waals surface area contributed by atoms with Crippen molar-refractivity contribution in [2.24, 2.45) is 0 Å². The Morgan fingerprint density at radius 2 is 1.76 bits per heavy atom. The Bertz CT molecular complexity index is 564. The molecule has 3 nitrogen and oxygen atoms in total. The summed E-state index contributed by atoms with van der Waals surface area (Å²) in [4.78, 5) is 23.5. The molecule has 0 fully saturated rings. The molecule has 3 heteroatoms. The zero-order valence-electron chi connectivity index (χ0n) is 9.69. The fourth-order valence-corrected chi connectivity index (χ4v) is 1.69. The minimum atomic E-state index is -0.239. The Morgan fingerprint density at radius 1 is 1.12 bits per heavy atom. The minimum Gasteiger partial charge on any atom is -0.457 e. The molecule has 0 bridgehead atoms. The average molecular weight is 228 g/mol. The lowest BCUT2D eigenvalue weighted by molar-refractivity contribution is 0.0967. The second-order valence-electron chi connectivity index (χ2n) is 3.85. The van der Waals surface area contributed by atoms with Gasteiger partial charge in [-0.05, 0) is 13.0 Å². The first-order valence-electron chi connectivity index (χ1n) is 5.30. The number of hydrogen-bond donors (Lipinski definition) is 0. The van der Waals surface area contributed by atoms with Crippen molar-refractivity contribution >= 4 is 11.6 Å². The quantitative estimate of drug-likeness (QED) is 0.758. The number of hydrogen-bond acceptors (Lipinski definition) is 3. The molecular formula is C14H12O3. The highest BCUT2D eigenvalue weighted by atomic mass is 16.3. The standard InChI is InChI=1S/C14H12O3/c1-9-8-12(14(17-9)10(2)15)13(16)11-6-4-3-5-7-11/h3-8H,1-2H3. The van der Waals surface area contributed by atoms with Crippen molar-refractivity contribution < 1.29 is 14.0 Å². The van der Waals surface area contributed by atoms with E-state index in [4.69, 9.17) is 4.42 Å². The molecule has 1 aromatic heterocycles. The van der Waals surface area contributed by atoms with E-state index < -0.39 is 0 Å². The molecule has 17 heavy (non-hydrogen) atoms. The molecule has 2 rings (SSSR count). The molecule has 0 aliphatic rings. The van der Waals surface area contributed by atoms with Crippen molar-refractivity contribution in [3.63, 3.8) is 0 Å². The van der Waals surface area contributed by atoms with Gasteiger partial charge < -0.3 is 4.42 Å². The van der Waals surface area contributed by atoms with Gasteiger partial charge in [0.2, 0.25) is 0 Å². The van der Waals surface area contributed by atoms with Crippen LogP contribution in [0.2, 0.25) is 0 Å². The summed E-state index contributed by atoms with van der Waals surface area (Å²) in [6.07, 6.45) is 0. The van der Waals surface area contributed by atoms with E-state index in [2.05, 4.69) is 0 Å². The first-order chi connectivity index (χ1) is 8.09. The molecule has 0 saturated heterocycles. The molecule has 2 aromatic rings. The van der Waals surface area contributed by atoms with Gasteiger partial charge in [-0.2, -0.15) is 0 Å². The maximum absolute atomic E-state index is 12.2. The highest BCUT2D eigenvalue weighted by Crippen LogP contribution is 2.19. The van der Waals surface area contributed by atoms with Crippen LogP contribution in [0, 0.1) is 6.92 Å². The van der Waals surface area contributed by atoms with E-state index in [-0.39, 0.29) is 17.3 Å². The number of ketones is 2. The molecule has 1 heterocycles. The summed E-state index contributed by atoms with van der Waals surface area (Å²) in [7, 11) is 0. The lowest BCUT2D eigenvalue weighted by atomic mass is 10.0. The van der Waals surface area contributed by atoms with Gasteiger partial charge in [0.05, 0.1) is 5.56 Å². The molecular weight excluding hydrogens is 216 g/mol. The largest absolute Gasteiger partial charge is 0.457 e. The predicted octanol–water partition coefficient (Wildman–Crippen LogP) is 3.02. The van der Waals surface area contributed by atoms with Crippen LogP contribution in [-0.4, -0.2) is 11.6 Å². The number of aryl methyl sites for hydroxylation is 1. The van der Waals surface area contributed by atoms with E-state index in [1.165, 1.54) is 6.92 Å². The Labute approximate surface area is 99.1 Å². The van der Waals surface area contributed by atoms with Crippen LogP contribution in [-0.2, 0) is 0 Å². The smallest absolute Gasteiger partial charge is 0.197 e. The van der Waals surface area contributed by atoms with Crippen LogP contribution in [0.1, 0.15) is 39.2 Å². The zero-order chi connectivity index (χ0) is 12.4. The maximum atomic E-state index is 12.2. The van der Waals surface area contributed by atoms with E-state index in [1.807, 2.05) is 6.07 Å². The molecule has 0 spiro atoms. The Morgan fingerprint density at radius 3 is 2.35 bits per heavy atom. The van der Waals surface area contributed by atoms with E-state index in [0.717, 1.165) is 0 Å². The van der Waals surface area contributed by atoms with Crippen LogP contribution in [0.4, 0.5) is 0 Å². The van der Waals surface area contributed by atoms with Crippen molar-refractivity contribution in [3.05, 3.63) is 59.0 Å². The van der Waals surface area contributed by atoms with Crippen LogP contribution >= 0.6 is 0 Å². The van der Waals surface area contributed by atoms with Crippen LogP contribution in [0.25, 0.3) is 0 Å². The normalized spacial score (nSPS) is 10.2. The van der Waals surface area contributed by atoms with Crippen molar-refractivity contribution in [3.8, 4) is 0 Å². The van der Waals surface area contributed by atoms with Crippen molar-refractivity contribution in [1.29, 1.82) is 0 Å². The molecule has 0 aliphatic carbocycles. The van der Waals surface area contributed by atoms with E-state index >= 15 is 0 Å². The average Bonchev–Trinajstić information content (AvgIpc) is 2.72. The molecule has 86 valence electrons. The number of rotatable bonds is 3. The van der Waals surface area contributed by atoms with Gasteiger partial charge in [0.1, 0.15) is 5.76 Å². The Balaban J connectivity index is 2.48. The molecule has 1 aromatic carbocycles. The minimum absolute atomic E-state index is 0.136. The van der Waals surface area contributed by atoms with Gasteiger partial charge in [-0.25, -0.2) is 0 Å². The number of carbonyl (C=O) groups excluding carboxylic acids is 2. The van der Waals surface area contributed by atoms with E-state index in [9.17, 15) is 9.59 Å². The topological polar surface area (TPSA) is 47.3 Å². The van der Waals surface area contributed by atoms with Crippen LogP contribution in [0.3, 0.4) is 0 Å². The maximum Gasteiger partial charge on any atom is 0.197 e. The highest BCUT2D eigenvalue weighted by molar-refractivity contribution is 6.14. The number of furan rings is 1. The van der Waals surface area contributed by atoms with E-state index in [0.29, 0.717) is 16.9 Å². The summed E-state index contributed by atoms with van der Waals surface area (Å²) in [5, 5.41) is 0. The Kier molecular flexibility index (Phi) is 2.91. The van der Waals surface area contributed by atoms with Gasteiger partial charge in [-0.3, -0.25) is 9.59 Å².